The van der Waals surface area contributed by atoms with Crippen molar-refractivity contribution in [1.82, 2.24) is 4.90 Å². The van der Waals surface area contributed by atoms with Crippen LogP contribution in [0.15, 0.2) is 18.2 Å². The molecule has 0 radical (unpaired) electrons. The van der Waals surface area contributed by atoms with E-state index in [1.807, 2.05) is 0 Å². The summed E-state index contributed by atoms with van der Waals surface area (Å²) >= 11 is 5.51. The van der Waals surface area contributed by atoms with Crippen molar-refractivity contribution >= 4 is 29.1 Å². The average Bonchev–Trinajstić information content (AvgIpc) is 2.54. The van der Waals surface area contributed by atoms with Gasteiger partial charge in [0.2, 0.25) is 11.8 Å². The van der Waals surface area contributed by atoms with Gasteiger partial charge in [0.05, 0.1) is 23.8 Å². The highest BCUT2D eigenvalue weighted by Gasteiger charge is 2.33. The van der Waals surface area contributed by atoms with E-state index in [0.29, 0.717) is 26.3 Å². The molecule has 24 heavy (non-hydrogen) atoms. The van der Waals surface area contributed by atoms with Gasteiger partial charge in [0.25, 0.3) is 0 Å². The molecule has 0 bridgehead atoms. The van der Waals surface area contributed by atoms with Crippen LogP contribution in [0.5, 0.6) is 0 Å². The standard InChI is InChI=1S/C15H16ClF3N2O3/c16-12-2-1-10(9-11(12)15(17,18)19)20-13(22)3-4-14(23)21-5-7-24-8-6-21/h1-2,9H,3-8H2,(H,20,22). The van der Waals surface area contributed by atoms with Gasteiger partial charge in [-0.2, -0.15) is 13.2 Å². The fourth-order valence-electron chi connectivity index (χ4n) is 2.24. The number of hydrogen-bond donors (Lipinski definition) is 1. The predicted molar refractivity (Wildman–Crippen MR) is 81.7 cm³/mol. The third-order valence-corrected chi connectivity index (χ3v) is 3.81. The maximum Gasteiger partial charge on any atom is 0.417 e. The van der Waals surface area contributed by atoms with E-state index in [2.05, 4.69) is 5.32 Å². The lowest BCUT2D eigenvalue weighted by atomic mass is 10.2. The number of benzene rings is 1. The van der Waals surface area contributed by atoms with E-state index in [9.17, 15) is 22.8 Å². The van der Waals surface area contributed by atoms with E-state index in [4.69, 9.17) is 16.3 Å². The second-order valence-corrected chi connectivity index (χ2v) is 5.64. The topological polar surface area (TPSA) is 58.6 Å². The summed E-state index contributed by atoms with van der Waals surface area (Å²) < 4.78 is 43.4. The van der Waals surface area contributed by atoms with Crippen molar-refractivity contribution in [2.24, 2.45) is 0 Å². The van der Waals surface area contributed by atoms with E-state index >= 15 is 0 Å². The molecule has 2 rings (SSSR count). The molecule has 1 saturated heterocycles. The third-order valence-electron chi connectivity index (χ3n) is 3.49. The molecule has 0 unspecified atom stereocenters. The van der Waals surface area contributed by atoms with Crippen LogP contribution in [0.3, 0.4) is 0 Å². The number of halogens is 4. The van der Waals surface area contributed by atoms with Gasteiger partial charge in [-0.1, -0.05) is 11.6 Å². The van der Waals surface area contributed by atoms with Gasteiger partial charge in [-0.15, -0.1) is 0 Å². The van der Waals surface area contributed by atoms with Crippen LogP contribution in [0.1, 0.15) is 18.4 Å². The Morgan fingerprint density at radius 3 is 2.50 bits per heavy atom. The summed E-state index contributed by atoms with van der Waals surface area (Å²) in [5, 5.41) is 1.91. The number of amides is 2. The molecule has 132 valence electrons. The highest BCUT2D eigenvalue weighted by atomic mass is 35.5. The number of nitrogens with zero attached hydrogens (tertiary/aromatic N) is 1. The average molecular weight is 365 g/mol. The molecule has 1 aliphatic rings. The maximum atomic E-state index is 12.8. The van der Waals surface area contributed by atoms with Gasteiger partial charge in [0.1, 0.15) is 0 Å². The first kappa shape index (κ1) is 18.5. The lowest BCUT2D eigenvalue weighted by Gasteiger charge is -2.26. The fraction of sp³-hybridized carbons (Fsp3) is 0.467. The van der Waals surface area contributed by atoms with E-state index in [1.54, 1.807) is 4.90 Å². The molecule has 0 aromatic heterocycles. The number of carbonyl (C=O) groups is 2. The molecule has 0 saturated carbocycles. The molecule has 0 aliphatic carbocycles. The summed E-state index contributed by atoms with van der Waals surface area (Å²) in [6.45, 7) is 1.88. The monoisotopic (exact) mass is 364 g/mol. The van der Waals surface area contributed by atoms with Crippen LogP contribution in [0.2, 0.25) is 5.02 Å². The van der Waals surface area contributed by atoms with Crippen LogP contribution in [0, 0.1) is 0 Å². The number of carbonyl (C=O) groups excluding carboxylic acids is 2. The van der Waals surface area contributed by atoms with Crippen molar-refractivity contribution in [3.05, 3.63) is 28.8 Å². The highest BCUT2D eigenvalue weighted by Crippen LogP contribution is 2.36. The smallest absolute Gasteiger partial charge is 0.378 e. The molecule has 2 amide bonds. The second kappa shape index (κ2) is 7.85. The summed E-state index contributed by atoms with van der Waals surface area (Å²) in [7, 11) is 0. The molecule has 5 nitrogen and oxygen atoms in total. The number of nitrogens with one attached hydrogen (secondary N) is 1. The SMILES string of the molecule is O=C(CCC(=O)N1CCOCC1)Nc1ccc(Cl)c(C(F)(F)F)c1. The number of alkyl halides is 3. The largest absolute Gasteiger partial charge is 0.417 e. The van der Waals surface area contributed by atoms with Crippen LogP contribution in [0.25, 0.3) is 0 Å². The number of ether oxygens (including phenoxy) is 1. The zero-order valence-corrected chi connectivity index (χ0v) is 13.4. The van der Waals surface area contributed by atoms with Gasteiger partial charge in [-0.25, -0.2) is 0 Å². The first-order valence-corrected chi connectivity index (χ1v) is 7.67. The van der Waals surface area contributed by atoms with Gasteiger partial charge >= 0.3 is 6.18 Å². The van der Waals surface area contributed by atoms with Crippen molar-refractivity contribution < 1.29 is 27.5 Å². The third kappa shape index (κ3) is 5.10. The van der Waals surface area contributed by atoms with Crippen LogP contribution in [-0.4, -0.2) is 43.0 Å². The Balaban J connectivity index is 1.89. The quantitative estimate of drug-likeness (QED) is 0.893. The Hall–Kier alpha value is -1.80. The molecular formula is C15H16ClF3N2O3. The molecule has 1 aromatic rings. The molecule has 0 spiro atoms. The van der Waals surface area contributed by atoms with Crippen molar-refractivity contribution in [3.63, 3.8) is 0 Å². The van der Waals surface area contributed by atoms with E-state index in [-0.39, 0.29) is 24.4 Å². The summed E-state index contributed by atoms with van der Waals surface area (Å²) in [6.07, 6.45) is -4.73. The maximum absolute atomic E-state index is 12.8. The Kier molecular flexibility index (Phi) is 6.06. The first-order chi connectivity index (χ1) is 11.3. The van der Waals surface area contributed by atoms with Crippen LogP contribution in [0.4, 0.5) is 18.9 Å². The van der Waals surface area contributed by atoms with Crippen molar-refractivity contribution in [2.75, 3.05) is 31.6 Å². The highest BCUT2D eigenvalue weighted by molar-refractivity contribution is 6.31. The van der Waals surface area contributed by atoms with Crippen molar-refractivity contribution in [1.29, 1.82) is 0 Å². The first-order valence-electron chi connectivity index (χ1n) is 7.29. The number of rotatable bonds is 4. The molecule has 1 fully saturated rings. The van der Waals surface area contributed by atoms with E-state index in [0.717, 1.165) is 12.1 Å². The van der Waals surface area contributed by atoms with Crippen LogP contribution >= 0.6 is 11.6 Å². The van der Waals surface area contributed by atoms with E-state index < -0.39 is 22.7 Å². The van der Waals surface area contributed by atoms with Gasteiger partial charge < -0.3 is 15.0 Å². The molecule has 1 aliphatic heterocycles. The van der Waals surface area contributed by atoms with Crippen molar-refractivity contribution in [3.8, 4) is 0 Å². The molecule has 1 heterocycles. The molecular weight excluding hydrogens is 349 g/mol. The number of hydrogen-bond acceptors (Lipinski definition) is 3. The Bertz CT molecular complexity index is 616. The summed E-state index contributed by atoms with van der Waals surface area (Å²) in [5.41, 5.74) is -1.04. The molecule has 1 aromatic carbocycles. The minimum Gasteiger partial charge on any atom is -0.378 e. The molecule has 9 heteroatoms. The van der Waals surface area contributed by atoms with Crippen LogP contribution in [-0.2, 0) is 20.5 Å². The fourth-order valence-corrected chi connectivity index (χ4v) is 2.46. The summed E-state index contributed by atoms with van der Waals surface area (Å²) in [6, 6.07) is 3.11. The minimum atomic E-state index is -4.61. The Labute approximate surface area is 141 Å². The van der Waals surface area contributed by atoms with Gasteiger partial charge in [0.15, 0.2) is 0 Å². The van der Waals surface area contributed by atoms with Crippen molar-refractivity contribution in [2.45, 2.75) is 19.0 Å². The predicted octanol–water partition coefficient (Wildman–Crippen LogP) is 2.94. The molecule has 0 atom stereocenters. The Morgan fingerprint density at radius 2 is 1.88 bits per heavy atom. The van der Waals surface area contributed by atoms with E-state index in [1.165, 1.54) is 6.07 Å². The second-order valence-electron chi connectivity index (χ2n) is 5.23. The number of morpholine rings is 1. The Morgan fingerprint density at radius 1 is 1.21 bits per heavy atom. The van der Waals surface area contributed by atoms with Crippen LogP contribution < -0.4 is 5.32 Å². The normalized spacial score (nSPS) is 15.2. The lowest BCUT2D eigenvalue weighted by molar-refractivity contribution is -0.137. The molecule has 1 N–H and O–H groups in total. The summed E-state index contributed by atoms with van der Waals surface area (Å²) in [5.74, 6) is -0.715. The summed E-state index contributed by atoms with van der Waals surface area (Å²) in [4.78, 5) is 25.3. The van der Waals surface area contributed by atoms with Gasteiger partial charge in [-0.3, -0.25) is 9.59 Å². The van der Waals surface area contributed by atoms with Gasteiger partial charge in [0, 0.05) is 31.6 Å². The lowest BCUT2D eigenvalue weighted by Crippen LogP contribution is -2.40. The zero-order valence-electron chi connectivity index (χ0n) is 12.7. The van der Waals surface area contributed by atoms with Gasteiger partial charge in [-0.05, 0) is 18.2 Å². The minimum absolute atomic E-state index is 0.00838. The number of anilines is 1. The zero-order chi connectivity index (χ0) is 17.7.